The van der Waals surface area contributed by atoms with Crippen molar-refractivity contribution in [1.82, 2.24) is 19.8 Å². The monoisotopic (exact) mass is 478 g/mol. The van der Waals surface area contributed by atoms with Crippen LogP contribution in [0.3, 0.4) is 0 Å². The van der Waals surface area contributed by atoms with E-state index >= 15 is 0 Å². The lowest BCUT2D eigenvalue weighted by atomic mass is 9.73. The number of nitrogen functional groups attached to an aromatic ring is 1. The molecule has 0 unspecified atom stereocenters. The van der Waals surface area contributed by atoms with E-state index in [-0.39, 0.29) is 43.0 Å². The number of nitrogens with one attached hydrogen (secondary N) is 2. The Morgan fingerprint density at radius 1 is 1.26 bits per heavy atom. The van der Waals surface area contributed by atoms with Crippen molar-refractivity contribution in [3.8, 4) is 0 Å². The van der Waals surface area contributed by atoms with Crippen LogP contribution in [-0.2, 0) is 20.9 Å². The maximum atomic E-state index is 13.4. The van der Waals surface area contributed by atoms with E-state index in [0.717, 1.165) is 29.1 Å². The molecule has 12 heteroatoms. The topological polar surface area (TPSA) is 160 Å². The van der Waals surface area contributed by atoms with Crippen LogP contribution in [0.4, 0.5) is 16.3 Å². The molecule has 1 saturated carbocycles. The first-order valence-electron chi connectivity index (χ1n) is 11.6. The van der Waals surface area contributed by atoms with Gasteiger partial charge in [0.15, 0.2) is 5.69 Å². The average Bonchev–Trinajstić information content (AvgIpc) is 3.00. The van der Waals surface area contributed by atoms with Crippen molar-refractivity contribution >= 4 is 29.4 Å². The van der Waals surface area contributed by atoms with Gasteiger partial charge in [-0.1, -0.05) is 33.6 Å². The molecule has 0 bridgehead atoms. The largest absolute Gasteiger partial charge is 0.383 e. The van der Waals surface area contributed by atoms with Gasteiger partial charge in [-0.05, 0) is 24.7 Å². The quantitative estimate of drug-likeness (QED) is 0.452. The van der Waals surface area contributed by atoms with E-state index in [1.54, 1.807) is 0 Å². The Kier molecular flexibility index (Phi) is 7.49. The Morgan fingerprint density at radius 2 is 1.97 bits per heavy atom. The number of methoxy groups -OCH3 is 1. The molecule has 0 aromatic carbocycles. The molecule has 3 rings (SSSR count). The molecule has 0 radical (unpaired) electrons. The molecule has 2 heterocycles. The minimum atomic E-state index is -1.01. The first kappa shape index (κ1) is 25.5. The van der Waals surface area contributed by atoms with E-state index in [1.807, 2.05) is 20.8 Å². The number of ether oxygens (including phenoxy) is 1. The van der Waals surface area contributed by atoms with Gasteiger partial charge >= 0.3 is 11.7 Å². The zero-order valence-electron chi connectivity index (χ0n) is 20.2. The average molecular weight is 479 g/mol. The highest BCUT2D eigenvalue weighted by Gasteiger charge is 2.55. The summed E-state index contributed by atoms with van der Waals surface area (Å²) in [5, 5.41) is 2.81. The summed E-state index contributed by atoms with van der Waals surface area (Å²) in [6, 6.07) is -0.634. The maximum Gasteiger partial charge on any atom is 0.330 e. The number of hydrogen-bond donors (Lipinski definition) is 3. The lowest BCUT2D eigenvalue weighted by Crippen LogP contribution is -2.54. The zero-order chi connectivity index (χ0) is 25.2. The van der Waals surface area contributed by atoms with Crippen molar-refractivity contribution in [1.29, 1.82) is 0 Å². The summed E-state index contributed by atoms with van der Waals surface area (Å²) in [4.78, 5) is 68.6. The number of amides is 4. The van der Waals surface area contributed by atoms with Crippen LogP contribution in [0.1, 0.15) is 46.5 Å². The third-order valence-electron chi connectivity index (χ3n) is 6.65. The van der Waals surface area contributed by atoms with E-state index in [9.17, 15) is 24.0 Å². The molecule has 1 aliphatic carbocycles. The fourth-order valence-electron chi connectivity index (χ4n) is 4.79. The van der Waals surface area contributed by atoms with Crippen molar-refractivity contribution in [2.45, 2.75) is 58.5 Å². The number of aromatic amines is 1. The molecule has 2 atom stereocenters. The lowest BCUT2D eigenvalue weighted by molar-refractivity contribution is -0.136. The number of H-pyrrole nitrogens is 1. The number of imide groups is 1. The maximum absolute atomic E-state index is 13.4. The zero-order valence-corrected chi connectivity index (χ0v) is 20.2. The molecule has 12 nitrogen and oxygen atoms in total. The predicted octanol–water partition coefficient (Wildman–Crippen LogP) is 0.255. The number of carbonyl (C=O) groups excluding carboxylic acids is 3. The van der Waals surface area contributed by atoms with Crippen molar-refractivity contribution < 1.29 is 19.1 Å². The summed E-state index contributed by atoms with van der Waals surface area (Å²) < 4.78 is 6.28. The third kappa shape index (κ3) is 4.59. The van der Waals surface area contributed by atoms with Crippen LogP contribution in [-0.4, -0.2) is 64.6 Å². The van der Waals surface area contributed by atoms with Gasteiger partial charge in [0.2, 0.25) is 5.91 Å². The van der Waals surface area contributed by atoms with Gasteiger partial charge in [0.1, 0.15) is 17.9 Å². The molecular formula is C22H34N6O6. The number of anilines is 2. The normalized spacial score (nSPS) is 22.5. The second-order valence-corrected chi connectivity index (χ2v) is 9.48. The van der Waals surface area contributed by atoms with Crippen LogP contribution in [0.25, 0.3) is 0 Å². The Morgan fingerprint density at radius 3 is 2.59 bits per heavy atom. The van der Waals surface area contributed by atoms with Crippen LogP contribution >= 0.6 is 0 Å². The Hall–Kier alpha value is -3.15. The summed E-state index contributed by atoms with van der Waals surface area (Å²) in [5.74, 6) is -1.30. The second kappa shape index (κ2) is 10.00. The van der Waals surface area contributed by atoms with Gasteiger partial charge in [-0.15, -0.1) is 0 Å². The number of nitrogens with two attached hydrogens (primary N) is 1. The van der Waals surface area contributed by atoms with Crippen molar-refractivity contribution in [3.63, 3.8) is 0 Å². The smallest absolute Gasteiger partial charge is 0.330 e. The summed E-state index contributed by atoms with van der Waals surface area (Å²) in [7, 11) is 1.43. The van der Waals surface area contributed by atoms with Crippen LogP contribution < -0.4 is 27.2 Å². The van der Waals surface area contributed by atoms with Crippen LogP contribution in [0.15, 0.2) is 9.59 Å². The molecule has 188 valence electrons. The van der Waals surface area contributed by atoms with Gasteiger partial charge in [-0.3, -0.25) is 28.8 Å². The minimum Gasteiger partial charge on any atom is -0.383 e. The fourth-order valence-corrected chi connectivity index (χ4v) is 4.79. The first-order chi connectivity index (χ1) is 16.0. The highest BCUT2D eigenvalue weighted by atomic mass is 16.5. The minimum absolute atomic E-state index is 0.0430. The number of aromatic nitrogens is 2. The van der Waals surface area contributed by atoms with Crippen molar-refractivity contribution in [2.24, 2.45) is 11.8 Å². The van der Waals surface area contributed by atoms with E-state index < -0.39 is 41.2 Å². The van der Waals surface area contributed by atoms with Gasteiger partial charge in [-0.2, -0.15) is 0 Å². The number of nitrogens with zero attached hydrogens (tertiary/aromatic N) is 3. The van der Waals surface area contributed by atoms with Crippen LogP contribution in [0, 0.1) is 11.8 Å². The lowest BCUT2D eigenvalue weighted by Gasteiger charge is -2.36. The molecule has 4 N–H and O–H groups in total. The molecule has 2 aliphatic rings. The highest BCUT2D eigenvalue weighted by molar-refractivity contribution is 6.10. The number of rotatable bonds is 8. The van der Waals surface area contributed by atoms with E-state index in [0.29, 0.717) is 6.42 Å². The third-order valence-corrected chi connectivity index (χ3v) is 6.65. The Bertz CT molecular complexity index is 1080. The molecule has 1 aromatic rings. The molecule has 4 amide bonds. The summed E-state index contributed by atoms with van der Waals surface area (Å²) in [5.41, 5.74) is 3.45. The highest BCUT2D eigenvalue weighted by Crippen LogP contribution is 2.38. The van der Waals surface area contributed by atoms with Crippen molar-refractivity contribution in [3.05, 3.63) is 20.8 Å². The number of hydrogen-bond acceptors (Lipinski definition) is 7. The van der Waals surface area contributed by atoms with Gasteiger partial charge in [0.25, 0.3) is 11.5 Å². The SMILES string of the molecule is COCCN(C(=O)CN1C(=O)N[C@]2(CCCC[C@@H]2C)C1=O)c1c(N)n(CC(C)C)c(=O)[nH]c1=O. The molecule has 1 saturated heterocycles. The molecule has 1 aliphatic heterocycles. The first-order valence-corrected chi connectivity index (χ1v) is 11.6. The molecule has 34 heavy (non-hydrogen) atoms. The predicted molar refractivity (Wildman–Crippen MR) is 125 cm³/mol. The van der Waals surface area contributed by atoms with E-state index in [1.165, 1.54) is 11.7 Å². The number of urea groups is 1. The molecule has 1 spiro atoms. The molecular weight excluding hydrogens is 444 g/mol. The summed E-state index contributed by atoms with van der Waals surface area (Å²) in [6.45, 7) is 5.35. The van der Waals surface area contributed by atoms with Crippen LogP contribution in [0.5, 0.6) is 0 Å². The number of carbonyl (C=O) groups is 3. The van der Waals surface area contributed by atoms with Crippen molar-refractivity contribution in [2.75, 3.05) is 37.4 Å². The molecule has 2 fully saturated rings. The Balaban J connectivity index is 1.95. The van der Waals surface area contributed by atoms with Gasteiger partial charge in [0.05, 0.1) is 6.61 Å². The van der Waals surface area contributed by atoms with E-state index in [2.05, 4.69) is 10.3 Å². The van der Waals surface area contributed by atoms with Crippen LogP contribution in [0.2, 0.25) is 0 Å². The van der Waals surface area contributed by atoms with Gasteiger partial charge < -0.3 is 20.7 Å². The molecule has 1 aromatic heterocycles. The van der Waals surface area contributed by atoms with Gasteiger partial charge in [-0.25, -0.2) is 9.59 Å². The fraction of sp³-hybridized carbons (Fsp3) is 0.682. The standard InChI is InChI=1S/C22H34N6O6/c1-13(2)11-27-17(23)16(18(30)24-20(27)32)26(9-10-34-4)15(29)12-28-19(31)22(25-21(28)33)8-6-5-7-14(22)3/h13-14H,5-12,23H2,1-4H3,(H,25,33)(H,24,30,32)/t14-,22-/m0/s1. The summed E-state index contributed by atoms with van der Waals surface area (Å²) in [6.07, 6.45) is 3.10. The van der Waals surface area contributed by atoms with Gasteiger partial charge in [0, 0.05) is 20.2 Å². The summed E-state index contributed by atoms with van der Waals surface area (Å²) >= 11 is 0. The second-order valence-electron chi connectivity index (χ2n) is 9.48. The Labute approximate surface area is 197 Å². The van der Waals surface area contributed by atoms with E-state index in [4.69, 9.17) is 10.5 Å².